The summed E-state index contributed by atoms with van der Waals surface area (Å²) in [5.74, 6) is 0.329. The van der Waals surface area contributed by atoms with Gasteiger partial charge in [-0.3, -0.25) is 9.78 Å². The number of ether oxygens (including phenoxy) is 1. The van der Waals surface area contributed by atoms with Gasteiger partial charge in [-0.05, 0) is 49.2 Å². The number of anilines is 2. The zero-order valence-electron chi connectivity index (χ0n) is 15.7. The number of aromatic nitrogens is 1. The van der Waals surface area contributed by atoms with Crippen LogP contribution < -0.4 is 15.4 Å². The molecule has 0 fully saturated rings. The van der Waals surface area contributed by atoms with Crippen LogP contribution in [0.15, 0.2) is 66.9 Å². The molecule has 138 valence electrons. The van der Waals surface area contributed by atoms with Crippen molar-refractivity contribution >= 4 is 17.3 Å². The summed E-state index contributed by atoms with van der Waals surface area (Å²) >= 11 is 0. The third kappa shape index (κ3) is 4.64. The summed E-state index contributed by atoms with van der Waals surface area (Å²) in [6.07, 6.45) is 1.63. The highest BCUT2D eigenvalue weighted by Crippen LogP contribution is 2.26. The fourth-order valence-corrected chi connectivity index (χ4v) is 2.83. The lowest BCUT2D eigenvalue weighted by Crippen LogP contribution is -2.15. The molecule has 0 spiro atoms. The van der Waals surface area contributed by atoms with Crippen LogP contribution in [0.5, 0.6) is 5.75 Å². The van der Waals surface area contributed by atoms with Gasteiger partial charge in [-0.1, -0.05) is 36.4 Å². The predicted octanol–water partition coefficient (Wildman–Crippen LogP) is 4.82. The molecule has 0 aliphatic carbocycles. The van der Waals surface area contributed by atoms with Crippen molar-refractivity contribution in [1.29, 1.82) is 0 Å². The molecule has 0 radical (unpaired) electrons. The molecule has 2 N–H and O–H groups in total. The van der Waals surface area contributed by atoms with E-state index in [9.17, 15) is 4.79 Å². The zero-order chi connectivity index (χ0) is 19.2. The predicted molar refractivity (Wildman–Crippen MR) is 108 cm³/mol. The summed E-state index contributed by atoms with van der Waals surface area (Å²) in [5, 5.41) is 6.28. The molecule has 1 amide bonds. The summed E-state index contributed by atoms with van der Waals surface area (Å²) in [6, 6.07) is 19.5. The van der Waals surface area contributed by atoms with E-state index in [0.717, 1.165) is 11.3 Å². The van der Waals surface area contributed by atoms with E-state index < -0.39 is 0 Å². The molecule has 3 aromatic rings. The van der Waals surface area contributed by atoms with Crippen LogP contribution in [-0.4, -0.2) is 18.0 Å². The van der Waals surface area contributed by atoms with Gasteiger partial charge in [0.25, 0.3) is 5.91 Å². The minimum Gasteiger partial charge on any atom is -0.495 e. The van der Waals surface area contributed by atoms with Gasteiger partial charge >= 0.3 is 0 Å². The SMILES string of the molecule is COc1ccc(C)cc1NC(=O)c1cc(NC(C)c2ccccc2)ccn1. The lowest BCUT2D eigenvalue weighted by Gasteiger charge is -2.16. The standard InChI is InChI=1S/C22H23N3O2/c1-15-9-10-21(27-3)19(13-15)25-22(26)20-14-18(11-12-23-20)24-16(2)17-7-5-4-6-8-17/h4-14,16H,1-3H3,(H,23,24)(H,25,26). The molecule has 0 aliphatic heterocycles. The molecule has 1 atom stereocenters. The fraction of sp³-hybridized carbons (Fsp3) is 0.182. The van der Waals surface area contributed by atoms with E-state index in [4.69, 9.17) is 4.74 Å². The van der Waals surface area contributed by atoms with Gasteiger partial charge in [-0.25, -0.2) is 0 Å². The first kappa shape index (κ1) is 18.5. The summed E-state index contributed by atoms with van der Waals surface area (Å²) < 4.78 is 5.31. The minimum absolute atomic E-state index is 0.112. The van der Waals surface area contributed by atoms with Gasteiger partial charge in [0, 0.05) is 17.9 Å². The number of nitrogens with zero attached hydrogens (tertiary/aromatic N) is 1. The van der Waals surface area contributed by atoms with Gasteiger partial charge in [0.15, 0.2) is 0 Å². The number of carbonyl (C=O) groups is 1. The van der Waals surface area contributed by atoms with Crippen LogP contribution in [-0.2, 0) is 0 Å². The zero-order valence-corrected chi connectivity index (χ0v) is 15.7. The fourth-order valence-electron chi connectivity index (χ4n) is 2.83. The first-order valence-corrected chi connectivity index (χ1v) is 8.80. The highest BCUT2D eigenvalue weighted by Gasteiger charge is 2.13. The third-order valence-electron chi connectivity index (χ3n) is 4.28. The highest BCUT2D eigenvalue weighted by molar-refractivity contribution is 6.04. The Morgan fingerprint density at radius 1 is 1.07 bits per heavy atom. The van der Waals surface area contributed by atoms with E-state index in [1.165, 1.54) is 5.56 Å². The smallest absolute Gasteiger partial charge is 0.274 e. The number of rotatable bonds is 6. The van der Waals surface area contributed by atoms with Crippen molar-refractivity contribution < 1.29 is 9.53 Å². The largest absolute Gasteiger partial charge is 0.495 e. The number of carbonyl (C=O) groups excluding carboxylic acids is 1. The molecule has 2 aromatic carbocycles. The quantitative estimate of drug-likeness (QED) is 0.660. The number of aryl methyl sites for hydroxylation is 1. The Morgan fingerprint density at radius 2 is 1.85 bits per heavy atom. The molecule has 3 rings (SSSR count). The molecule has 5 nitrogen and oxygen atoms in total. The van der Waals surface area contributed by atoms with Crippen molar-refractivity contribution in [3.8, 4) is 5.75 Å². The Balaban J connectivity index is 1.75. The van der Waals surface area contributed by atoms with Crippen LogP contribution in [0, 0.1) is 6.92 Å². The minimum atomic E-state index is -0.282. The Hall–Kier alpha value is -3.34. The summed E-state index contributed by atoms with van der Waals surface area (Å²) in [6.45, 7) is 4.04. The summed E-state index contributed by atoms with van der Waals surface area (Å²) in [5.41, 5.74) is 4.00. The topological polar surface area (TPSA) is 63.2 Å². The molecular weight excluding hydrogens is 338 g/mol. The lowest BCUT2D eigenvalue weighted by molar-refractivity contribution is 0.102. The number of methoxy groups -OCH3 is 1. The number of nitrogens with one attached hydrogen (secondary N) is 2. The van der Waals surface area contributed by atoms with E-state index in [2.05, 4.69) is 34.7 Å². The first-order chi connectivity index (χ1) is 13.1. The number of hydrogen-bond donors (Lipinski definition) is 2. The van der Waals surface area contributed by atoms with Gasteiger partial charge in [0.2, 0.25) is 0 Å². The molecule has 0 saturated carbocycles. The van der Waals surface area contributed by atoms with Crippen LogP contribution >= 0.6 is 0 Å². The van der Waals surface area contributed by atoms with Crippen LogP contribution in [0.3, 0.4) is 0 Å². The Bertz CT molecular complexity index is 926. The highest BCUT2D eigenvalue weighted by atomic mass is 16.5. The summed E-state index contributed by atoms with van der Waals surface area (Å²) in [7, 11) is 1.58. The second kappa shape index (κ2) is 8.36. The molecule has 0 aliphatic rings. The van der Waals surface area contributed by atoms with E-state index in [-0.39, 0.29) is 11.9 Å². The number of benzene rings is 2. The number of pyridine rings is 1. The maximum absolute atomic E-state index is 12.6. The normalized spacial score (nSPS) is 11.5. The number of hydrogen-bond acceptors (Lipinski definition) is 4. The van der Waals surface area contributed by atoms with Gasteiger partial charge in [0.1, 0.15) is 11.4 Å². The Morgan fingerprint density at radius 3 is 2.59 bits per heavy atom. The van der Waals surface area contributed by atoms with Crippen molar-refractivity contribution in [3.63, 3.8) is 0 Å². The van der Waals surface area contributed by atoms with Crippen molar-refractivity contribution in [2.45, 2.75) is 19.9 Å². The van der Waals surface area contributed by atoms with Crippen LogP contribution in [0.4, 0.5) is 11.4 Å². The van der Waals surface area contributed by atoms with Crippen molar-refractivity contribution in [1.82, 2.24) is 4.98 Å². The monoisotopic (exact) mass is 361 g/mol. The van der Waals surface area contributed by atoms with Crippen molar-refractivity contribution in [2.24, 2.45) is 0 Å². The second-order valence-corrected chi connectivity index (χ2v) is 6.36. The average molecular weight is 361 g/mol. The van der Waals surface area contributed by atoms with E-state index in [0.29, 0.717) is 17.1 Å². The molecule has 1 heterocycles. The Kier molecular flexibility index (Phi) is 5.71. The van der Waals surface area contributed by atoms with Crippen LogP contribution in [0.25, 0.3) is 0 Å². The van der Waals surface area contributed by atoms with Gasteiger partial charge in [-0.15, -0.1) is 0 Å². The molecule has 1 aromatic heterocycles. The average Bonchev–Trinajstić information content (AvgIpc) is 2.69. The van der Waals surface area contributed by atoms with Gasteiger partial charge in [-0.2, -0.15) is 0 Å². The first-order valence-electron chi connectivity index (χ1n) is 8.80. The Labute approximate surface area is 159 Å². The molecular formula is C22H23N3O2. The lowest BCUT2D eigenvalue weighted by atomic mass is 10.1. The van der Waals surface area contributed by atoms with Crippen LogP contribution in [0.2, 0.25) is 0 Å². The maximum atomic E-state index is 12.6. The maximum Gasteiger partial charge on any atom is 0.274 e. The van der Waals surface area contributed by atoms with E-state index in [1.807, 2.05) is 49.4 Å². The molecule has 27 heavy (non-hydrogen) atoms. The van der Waals surface area contributed by atoms with Crippen LogP contribution in [0.1, 0.15) is 34.6 Å². The molecule has 0 bridgehead atoms. The third-order valence-corrected chi connectivity index (χ3v) is 4.28. The molecule has 0 saturated heterocycles. The number of amides is 1. The van der Waals surface area contributed by atoms with Gasteiger partial charge in [0.05, 0.1) is 12.8 Å². The molecule has 5 heteroatoms. The van der Waals surface area contributed by atoms with E-state index >= 15 is 0 Å². The van der Waals surface area contributed by atoms with E-state index in [1.54, 1.807) is 19.4 Å². The van der Waals surface area contributed by atoms with Crippen molar-refractivity contribution in [2.75, 3.05) is 17.7 Å². The summed E-state index contributed by atoms with van der Waals surface area (Å²) in [4.78, 5) is 16.8. The second-order valence-electron chi connectivity index (χ2n) is 6.36. The molecule has 1 unspecified atom stereocenters. The van der Waals surface area contributed by atoms with Crippen molar-refractivity contribution in [3.05, 3.63) is 83.7 Å². The van der Waals surface area contributed by atoms with Gasteiger partial charge < -0.3 is 15.4 Å².